The third kappa shape index (κ3) is 4.11. The second-order valence-electron chi connectivity index (χ2n) is 7.25. The number of aromatic hydroxyl groups is 1. The number of aliphatic hydroxyl groups excluding tert-OH is 1. The van der Waals surface area contributed by atoms with Crippen LogP contribution in [-0.2, 0) is 10.8 Å². The molecule has 1 aromatic rings. The summed E-state index contributed by atoms with van der Waals surface area (Å²) >= 11 is 0. The number of aliphatic hydroxyl groups is 1. The van der Waals surface area contributed by atoms with Gasteiger partial charge in [-0.1, -0.05) is 41.5 Å². The number of hydrogen-bond acceptors (Lipinski definition) is 3. The van der Waals surface area contributed by atoms with Gasteiger partial charge in [-0.2, -0.15) is 0 Å². The summed E-state index contributed by atoms with van der Waals surface area (Å²) in [5.41, 5.74) is 8.21. The molecule has 0 unspecified atom stereocenters. The first-order valence-corrected chi connectivity index (χ1v) is 6.72. The van der Waals surface area contributed by atoms with E-state index in [1.54, 1.807) is 0 Å². The Morgan fingerprint density at radius 1 is 1.00 bits per heavy atom. The average Bonchev–Trinajstić information content (AvgIpc) is 2.25. The van der Waals surface area contributed by atoms with Gasteiger partial charge in [0.05, 0.1) is 12.6 Å². The fourth-order valence-corrected chi connectivity index (χ4v) is 2.12. The van der Waals surface area contributed by atoms with Crippen molar-refractivity contribution < 1.29 is 10.2 Å². The Hall–Kier alpha value is -0.770. The van der Waals surface area contributed by atoms with E-state index in [1.165, 1.54) is 0 Å². The molecule has 116 valence electrons. The lowest BCUT2D eigenvalue weighted by Crippen LogP contribution is -2.21. The summed E-state index contributed by atoms with van der Waals surface area (Å²) in [6, 6.07) is 3.40. The van der Waals surface area contributed by atoms with Crippen molar-refractivity contribution in [3.8, 4) is 5.75 Å². The highest BCUT2D eigenvalue weighted by molar-refractivity contribution is 5.85. The molecule has 1 rings (SSSR count). The van der Waals surface area contributed by atoms with Crippen molar-refractivity contribution in [3.05, 3.63) is 28.8 Å². The van der Waals surface area contributed by atoms with Gasteiger partial charge < -0.3 is 15.9 Å². The van der Waals surface area contributed by atoms with Gasteiger partial charge in [0.15, 0.2) is 0 Å². The fourth-order valence-electron chi connectivity index (χ4n) is 2.12. The van der Waals surface area contributed by atoms with Crippen LogP contribution in [0.1, 0.15) is 64.3 Å². The Kier molecular flexibility index (Phi) is 6.09. The van der Waals surface area contributed by atoms with E-state index in [0.29, 0.717) is 5.75 Å². The SMILES string of the molecule is CC(C)(C)c1cc([C@@H](N)CO)cc(C(C)(C)C)c1O.Cl. The first-order valence-electron chi connectivity index (χ1n) is 6.72. The van der Waals surface area contributed by atoms with Gasteiger partial charge in [0.25, 0.3) is 0 Å². The van der Waals surface area contributed by atoms with Crippen LogP contribution in [0.15, 0.2) is 12.1 Å². The largest absolute Gasteiger partial charge is 0.507 e. The molecule has 0 heterocycles. The van der Waals surface area contributed by atoms with Gasteiger partial charge in [0.1, 0.15) is 5.75 Å². The highest BCUT2D eigenvalue weighted by Gasteiger charge is 2.27. The minimum absolute atomic E-state index is 0. The van der Waals surface area contributed by atoms with E-state index < -0.39 is 6.04 Å². The van der Waals surface area contributed by atoms with Crippen molar-refractivity contribution in [3.63, 3.8) is 0 Å². The molecule has 0 aromatic heterocycles. The monoisotopic (exact) mass is 301 g/mol. The van der Waals surface area contributed by atoms with Gasteiger partial charge in [-0.3, -0.25) is 0 Å². The van der Waals surface area contributed by atoms with E-state index in [9.17, 15) is 10.2 Å². The van der Waals surface area contributed by atoms with Crippen LogP contribution in [0.2, 0.25) is 0 Å². The van der Waals surface area contributed by atoms with Crippen molar-refractivity contribution in [1.82, 2.24) is 0 Å². The fraction of sp³-hybridized carbons (Fsp3) is 0.625. The summed E-state index contributed by atoms with van der Waals surface area (Å²) in [5.74, 6) is 0.342. The molecular weight excluding hydrogens is 274 g/mol. The summed E-state index contributed by atoms with van der Waals surface area (Å²) in [4.78, 5) is 0. The summed E-state index contributed by atoms with van der Waals surface area (Å²) < 4.78 is 0. The molecule has 0 radical (unpaired) electrons. The third-order valence-electron chi connectivity index (χ3n) is 3.37. The Morgan fingerprint density at radius 2 is 1.35 bits per heavy atom. The predicted octanol–water partition coefficient (Wildman–Crippen LogP) is 3.40. The minimum atomic E-state index is -0.414. The lowest BCUT2D eigenvalue weighted by Gasteiger charge is -2.29. The summed E-state index contributed by atoms with van der Waals surface area (Å²) in [7, 11) is 0. The number of rotatable bonds is 2. The number of phenolic OH excluding ortho intramolecular Hbond substituents is 1. The van der Waals surface area contributed by atoms with Crippen molar-refractivity contribution >= 4 is 12.4 Å². The lowest BCUT2D eigenvalue weighted by molar-refractivity contribution is 0.267. The van der Waals surface area contributed by atoms with E-state index in [4.69, 9.17) is 5.73 Å². The van der Waals surface area contributed by atoms with Crippen molar-refractivity contribution in [1.29, 1.82) is 0 Å². The average molecular weight is 302 g/mol. The van der Waals surface area contributed by atoms with Crippen molar-refractivity contribution in [2.24, 2.45) is 5.73 Å². The third-order valence-corrected chi connectivity index (χ3v) is 3.37. The van der Waals surface area contributed by atoms with E-state index >= 15 is 0 Å². The Bertz CT molecular complexity index is 424. The zero-order valence-corrected chi connectivity index (χ0v) is 14.1. The van der Waals surface area contributed by atoms with Gasteiger partial charge in [-0.15, -0.1) is 12.4 Å². The molecule has 4 heteroatoms. The van der Waals surface area contributed by atoms with Crippen LogP contribution in [-0.4, -0.2) is 16.8 Å². The second-order valence-corrected chi connectivity index (χ2v) is 7.25. The van der Waals surface area contributed by atoms with E-state index in [-0.39, 0.29) is 29.8 Å². The van der Waals surface area contributed by atoms with Gasteiger partial charge in [-0.25, -0.2) is 0 Å². The summed E-state index contributed by atoms with van der Waals surface area (Å²) in [6.45, 7) is 12.3. The highest BCUT2D eigenvalue weighted by atomic mass is 35.5. The maximum absolute atomic E-state index is 10.5. The standard InChI is InChI=1S/C16H27NO2.ClH/c1-15(2,3)11-7-10(13(17)9-18)8-12(14(11)19)16(4,5)6;/h7-8,13,18-19H,9,17H2,1-6H3;1H/t13-;/m0./s1. The molecule has 0 aliphatic carbocycles. The number of hydrogen-bond donors (Lipinski definition) is 3. The smallest absolute Gasteiger partial charge is 0.123 e. The molecule has 1 aromatic carbocycles. The number of halogens is 1. The lowest BCUT2D eigenvalue weighted by atomic mass is 9.78. The normalized spacial score (nSPS) is 13.8. The number of benzene rings is 1. The maximum atomic E-state index is 10.5. The van der Waals surface area contributed by atoms with Crippen LogP contribution in [0.3, 0.4) is 0 Å². The zero-order valence-electron chi connectivity index (χ0n) is 13.3. The molecule has 0 spiro atoms. The molecule has 0 amide bonds. The van der Waals surface area contributed by atoms with Gasteiger partial charge in [-0.05, 0) is 39.7 Å². The number of nitrogens with two attached hydrogens (primary N) is 1. The molecule has 0 fully saturated rings. The van der Waals surface area contributed by atoms with Gasteiger partial charge in [0.2, 0.25) is 0 Å². The summed E-state index contributed by atoms with van der Waals surface area (Å²) in [6.07, 6.45) is 0. The van der Waals surface area contributed by atoms with Crippen LogP contribution in [0.4, 0.5) is 0 Å². The van der Waals surface area contributed by atoms with Gasteiger partial charge in [0, 0.05) is 0 Å². The Morgan fingerprint density at radius 3 is 1.60 bits per heavy atom. The quantitative estimate of drug-likeness (QED) is 0.784. The van der Waals surface area contributed by atoms with E-state index in [0.717, 1.165) is 16.7 Å². The van der Waals surface area contributed by atoms with E-state index in [2.05, 4.69) is 41.5 Å². The summed E-state index contributed by atoms with van der Waals surface area (Å²) in [5, 5.41) is 19.8. The molecule has 0 bridgehead atoms. The van der Waals surface area contributed by atoms with Crippen molar-refractivity contribution in [2.45, 2.75) is 58.4 Å². The minimum Gasteiger partial charge on any atom is -0.507 e. The molecule has 0 aliphatic rings. The Balaban J connectivity index is 0.00000361. The molecule has 1 atom stereocenters. The van der Waals surface area contributed by atoms with E-state index in [1.807, 2.05) is 12.1 Å². The van der Waals surface area contributed by atoms with Gasteiger partial charge >= 0.3 is 0 Å². The second kappa shape index (κ2) is 6.33. The molecule has 4 N–H and O–H groups in total. The zero-order chi connectivity index (χ0) is 15.0. The van der Waals surface area contributed by atoms with Crippen molar-refractivity contribution in [2.75, 3.05) is 6.61 Å². The predicted molar refractivity (Wildman–Crippen MR) is 86.8 cm³/mol. The first-order chi connectivity index (χ1) is 8.48. The molecule has 0 aliphatic heterocycles. The van der Waals surface area contributed by atoms with Crippen LogP contribution < -0.4 is 5.73 Å². The van der Waals surface area contributed by atoms with Crippen LogP contribution in [0.5, 0.6) is 5.75 Å². The van der Waals surface area contributed by atoms with Crippen LogP contribution in [0, 0.1) is 0 Å². The first kappa shape index (κ1) is 19.2. The molecular formula is C16H28ClNO2. The van der Waals surface area contributed by atoms with Crippen LogP contribution >= 0.6 is 12.4 Å². The topological polar surface area (TPSA) is 66.5 Å². The molecule has 0 saturated carbocycles. The molecule has 20 heavy (non-hydrogen) atoms. The number of phenols is 1. The highest BCUT2D eigenvalue weighted by Crippen LogP contribution is 2.40. The molecule has 3 nitrogen and oxygen atoms in total. The van der Waals surface area contributed by atoms with Crippen LogP contribution in [0.25, 0.3) is 0 Å². The maximum Gasteiger partial charge on any atom is 0.123 e. The molecule has 0 saturated heterocycles. The Labute approximate surface area is 128 Å².